The maximum atomic E-state index is 14.7. The third-order valence-electron chi connectivity index (χ3n) is 5.16. The smallest absolute Gasteiger partial charge is 0.325 e. The first-order chi connectivity index (χ1) is 11.0. The predicted molar refractivity (Wildman–Crippen MR) is 91.2 cm³/mol. The second-order valence-electron chi connectivity index (χ2n) is 8.28. The molecule has 4 nitrogen and oxygen atoms in total. The van der Waals surface area contributed by atoms with E-state index in [2.05, 4.69) is 20.8 Å². The van der Waals surface area contributed by atoms with Crippen molar-refractivity contribution in [3.8, 4) is 0 Å². The summed E-state index contributed by atoms with van der Waals surface area (Å²) >= 11 is 5.96. The third-order valence-corrected chi connectivity index (χ3v) is 5.45. The molecule has 4 atom stereocenters. The number of rotatable bonds is 1. The molecule has 132 valence electrons. The van der Waals surface area contributed by atoms with E-state index in [1.165, 1.54) is 6.07 Å². The van der Waals surface area contributed by atoms with Crippen LogP contribution in [0, 0.1) is 11.2 Å². The summed E-state index contributed by atoms with van der Waals surface area (Å²) in [5.74, 6) is -1.36. The van der Waals surface area contributed by atoms with Gasteiger partial charge in [-0.15, -0.1) is 0 Å². The standard InChI is InChI=1S/C18H24ClFN2O2/c1-17(2,3)15-13(21)11(9-7-6-8-10(19)12(9)20)14-16(23)24-18(4,5)22(14)15/h6-8,11,13-15H,21H2,1-5H3/t11-,13?,14-,15-/m1/s1. The van der Waals surface area contributed by atoms with Gasteiger partial charge in [0.1, 0.15) is 11.9 Å². The largest absolute Gasteiger partial charge is 0.443 e. The SMILES string of the molecule is CC(C)(C)[C@H]1C(N)[C@@H](c2cccc(Cl)c2F)[C@@H]2C(=O)OC(C)(C)N21. The van der Waals surface area contributed by atoms with Gasteiger partial charge in [0.05, 0.1) is 5.02 Å². The van der Waals surface area contributed by atoms with Crippen molar-refractivity contribution in [3.05, 3.63) is 34.6 Å². The number of nitrogens with zero attached hydrogens (tertiary/aromatic N) is 1. The van der Waals surface area contributed by atoms with E-state index in [9.17, 15) is 9.18 Å². The molecule has 2 N–H and O–H groups in total. The predicted octanol–water partition coefficient (Wildman–Crippen LogP) is 3.28. The number of hydrogen-bond acceptors (Lipinski definition) is 4. The molecule has 6 heteroatoms. The van der Waals surface area contributed by atoms with Gasteiger partial charge in [0.2, 0.25) is 0 Å². The zero-order chi connectivity index (χ0) is 18.0. The van der Waals surface area contributed by atoms with Crippen LogP contribution < -0.4 is 5.73 Å². The summed E-state index contributed by atoms with van der Waals surface area (Å²) in [6.07, 6.45) is 0. The normalized spacial score (nSPS) is 32.8. The van der Waals surface area contributed by atoms with Gasteiger partial charge < -0.3 is 10.5 Å². The second-order valence-corrected chi connectivity index (χ2v) is 8.68. The van der Waals surface area contributed by atoms with Crippen molar-refractivity contribution in [2.45, 2.75) is 64.4 Å². The first-order valence-corrected chi connectivity index (χ1v) is 8.55. The van der Waals surface area contributed by atoms with Crippen LogP contribution in [0.5, 0.6) is 0 Å². The fourth-order valence-corrected chi connectivity index (χ4v) is 4.56. The summed E-state index contributed by atoms with van der Waals surface area (Å²) in [4.78, 5) is 14.6. The van der Waals surface area contributed by atoms with Crippen LogP contribution in [0.2, 0.25) is 5.02 Å². The highest BCUT2D eigenvalue weighted by molar-refractivity contribution is 6.30. The number of hydrogen-bond donors (Lipinski definition) is 1. The quantitative estimate of drug-likeness (QED) is 0.786. The molecule has 0 spiro atoms. The molecule has 3 rings (SSSR count). The molecule has 2 fully saturated rings. The molecule has 2 aliphatic heterocycles. The fourth-order valence-electron chi connectivity index (χ4n) is 4.38. The molecule has 1 aromatic rings. The monoisotopic (exact) mass is 354 g/mol. The Hall–Kier alpha value is -1.17. The average molecular weight is 355 g/mol. The summed E-state index contributed by atoms with van der Waals surface area (Å²) in [5, 5.41) is 0.0380. The van der Waals surface area contributed by atoms with Crippen molar-refractivity contribution in [3.63, 3.8) is 0 Å². The minimum absolute atomic E-state index is 0.0380. The van der Waals surface area contributed by atoms with Crippen LogP contribution >= 0.6 is 11.6 Å². The molecule has 0 bridgehead atoms. The maximum Gasteiger partial charge on any atom is 0.325 e. The van der Waals surface area contributed by atoms with Crippen LogP contribution in [0.25, 0.3) is 0 Å². The van der Waals surface area contributed by atoms with Crippen LogP contribution in [-0.2, 0) is 9.53 Å². The lowest BCUT2D eigenvalue weighted by molar-refractivity contribution is -0.152. The van der Waals surface area contributed by atoms with Gasteiger partial charge in [-0.1, -0.05) is 44.5 Å². The molecule has 2 heterocycles. The van der Waals surface area contributed by atoms with E-state index < -0.39 is 29.5 Å². The lowest BCUT2D eigenvalue weighted by Gasteiger charge is -2.41. The topological polar surface area (TPSA) is 55.6 Å². The van der Waals surface area contributed by atoms with Gasteiger partial charge >= 0.3 is 5.97 Å². The van der Waals surface area contributed by atoms with Crippen molar-refractivity contribution in [1.29, 1.82) is 0 Å². The molecule has 0 aliphatic carbocycles. The number of ether oxygens (including phenoxy) is 1. The molecule has 0 saturated carbocycles. The van der Waals surface area contributed by atoms with Gasteiger partial charge in [-0.25, -0.2) is 9.29 Å². The van der Waals surface area contributed by atoms with Gasteiger partial charge in [0.15, 0.2) is 5.72 Å². The number of esters is 1. The van der Waals surface area contributed by atoms with E-state index >= 15 is 0 Å². The molecule has 2 aliphatic rings. The molecule has 24 heavy (non-hydrogen) atoms. The minimum Gasteiger partial charge on any atom is -0.443 e. The first kappa shape index (κ1) is 17.6. The van der Waals surface area contributed by atoms with Gasteiger partial charge in [-0.3, -0.25) is 4.79 Å². The molecular weight excluding hydrogens is 331 g/mol. The molecule has 0 radical (unpaired) electrons. The van der Waals surface area contributed by atoms with E-state index in [4.69, 9.17) is 22.1 Å². The summed E-state index contributed by atoms with van der Waals surface area (Å²) in [7, 11) is 0. The van der Waals surface area contributed by atoms with E-state index in [1.807, 2.05) is 18.7 Å². The summed E-state index contributed by atoms with van der Waals surface area (Å²) in [6.45, 7) is 9.93. The Balaban J connectivity index is 2.17. The number of nitrogens with two attached hydrogens (primary N) is 1. The molecule has 0 aromatic heterocycles. The molecular formula is C18H24ClFN2O2. The Kier molecular flexibility index (Phi) is 3.98. The van der Waals surface area contributed by atoms with Gasteiger partial charge in [-0.2, -0.15) is 0 Å². The Morgan fingerprint density at radius 1 is 1.33 bits per heavy atom. The third kappa shape index (κ3) is 2.45. The van der Waals surface area contributed by atoms with Crippen molar-refractivity contribution >= 4 is 17.6 Å². The Morgan fingerprint density at radius 2 is 1.96 bits per heavy atom. The number of cyclic esters (lactones) is 1. The number of halogens is 2. The molecule has 1 aromatic carbocycles. The zero-order valence-electron chi connectivity index (χ0n) is 14.6. The van der Waals surface area contributed by atoms with Crippen molar-refractivity contribution < 1.29 is 13.9 Å². The highest BCUT2D eigenvalue weighted by Crippen LogP contribution is 2.51. The second kappa shape index (κ2) is 5.41. The molecule has 2 saturated heterocycles. The zero-order valence-corrected chi connectivity index (χ0v) is 15.4. The Labute approximate surface area is 147 Å². The Bertz CT molecular complexity index is 686. The maximum absolute atomic E-state index is 14.7. The van der Waals surface area contributed by atoms with Crippen molar-refractivity contribution in [2.75, 3.05) is 0 Å². The van der Waals surface area contributed by atoms with E-state index in [1.54, 1.807) is 12.1 Å². The van der Waals surface area contributed by atoms with Gasteiger partial charge in [0.25, 0.3) is 0 Å². The lowest BCUT2D eigenvalue weighted by atomic mass is 9.78. The average Bonchev–Trinajstić information content (AvgIpc) is 2.86. The summed E-state index contributed by atoms with van der Waals surface area (Å²) < 4.78 is 20.3. The minimum atomic E-state index is -0.777. The highest BCUT2D eigenvalue weighted by atomic mass is 35.5. The summed E-state index contributed by atoms with van der Waals surface area (Å²) in [6, 6.07) is 3.70. The van der Waals surface area contributed by atoms with Crippen molar-refractivity contribution in [1.82, 2.24) is 4.90 Å². The van der Waals surface area contributed by atoms with E-state index in [-0.39, 0.29) is 22.4 Å². The van der Waals surface area contributed by atoms with Crippen LogP contribution in [-0.4, -0.2) is 34.7 Å². The van der Waals surface area contributed by atoms with Crippen LogP contribution in [0.3, 0.4) is 0 Å². The van der Waals surface area contributed by atoms with Gasteiger partial charge in [0, 0.05) is 18.0 Å². The number of carbonyl (C=O) groups excluding carboxylic acids is 1. The van der Waals surface area contributed by atoms with Crippen molar-refractivity contribution in [2.24, 2.45) is 11.1 Å². The van der Waals surface area contributed by atoms with Crippen LogP contribution in [0.4, 0.5) is 4.39 Å². The van der Waals surface area contributed by atoms with Crippen LogP contribution in [0.1, 0.15) is 46.1 Å². The first-order valence-electron chi connectivity index (χ1n) is 8.17. The number of carbonyl (C=O) groups is 1. The molecule has 0 amide bonds. The fraction of sp³-hybridized carbons (Fsp3) is 0.611. The van der Waals surface area contributed by atoms with E-state index in [0.29, 0.717) is 5.56 Å². The molecule has 1 unspecified atom stereocenters. The lowest BCUT2D eigenvalue weighted by Crippen LogP contribution is -2.55. The van der Waals surface area contributed by atoms with E-state index in [0.717, 1.165) is 0 Å². The highest BCUT2D eigenvalue weighted by Gasteiger charge is 2.64. The van der Waals surface area contributed by atoms with Gasteiger partial charge in [-0.05, 0) is 30.9 Å². The Morgan fingerprint density at radius 3 is 2.54 bits per heavy atom. The number of fused-ring (bicyclic) bond motifs is 1. The number of benzene rings is 1. The van der Waals surface area contributed by atoms with Crippen LogP contribution in [0.15, 0.2) is 18.2 Å². The summed E-state index contributed by atoms with van der Waals surface area (Å²) in [5.41, 5.74) is 5.98.